The number of hydrogen-bond acceptors (Lipinski definition) is 3. The first-order chi connectivity index (χ1) is 8.70. The van der Waals surface area contributed by atoms with Gasteiger partial charge in [0.15, 0.2) is 0 Å². The summed E-state index contributed by atoms with van der Waals surface area (Å²) in [4.78, 5) is 2.32. The number of piperidine rings is 1. The molecule has 3 rings (SSSR count). The molecule has 0 saturated carbocycles. The third-order valence-electron chi connectivity index (χ3n) is 3.71. The van der Waals surface area contributed by atoms with Gasteiger partial charge in [0.2, 0.25) is 0 Å². The van der Waals surface area contributed by atoms with Gasteiger partial charge in [0, 0.05) is 24.0 Å². The van der Waals surface area contributed by atoms with Crippen molar-refractivity contribution in [2.75, 3.05) is 19.6 Å². The van der Waals surface area contributed by atoms with E-state index in [4.69, 9.17) is 4.74 Å². The highest BCUT2D eigenvalue weighted by atomic mass is 79.9. The third kappa shape index (κ3) is 2.71. The second-order valence-corrected chi connectivity index (χ2v) is 6.17. The molecule has 4 heteroatoms. The molecule has 18 heavy (non-hydrogen) atoms. The summed E-state index contributed by atoms with van der Waals surface area (Å²) >= 11 is 3.49. The van der Waals surface area contributed by atoms with Gasteiger partial charge in [0.25, 0.3) is 0 Å². The molecule has 0 radical (unpaired) electrons. The molecule has 0 bridgehead atoms. The lowest BCUT2D eigenvalue weighted by Gasteiger charge is -2.31. The van der Waals surface area contributed by atoms with E-state index in [9.17, 15) is 5.11 Å². The number of ether oxygens (including phenoxy) is 1. The second kappa shape index (κ2) is 5.19. The predicted molar refractivity (Wildman–Crippen MR) is 73.9 cm³/mol. The summed E-state index contributed by atoms with van der Waals surface area (Å²) in [7, 11) is 0. The standard InChI is InChI=1S/C14H18BrNO2/c15-11-3-4-14-10(6-11)7-13(18-14)9-16-5-1-2-12(17)8-16/h3-4,6,12-13,17H,1-2,5,7-9H2. The molecule has 0 aromatic heterocycles. The zero-order chi connectivity index (χ0) is 12.5. The maximum absolute atomic E-state index is 9.67. The van der Waals surface area contributed by atoms with Gasteiger partial charge in [-0.25, -0.2) is 0 Å². The number of nitrogens with zero attached hydrogens (tertiary/aromatic N) is 1. The molecule has 3 nitrogen and oxygen atoms in total. The first kappa shape index (κ1) is 12.5. The lowest BCUT2D eigenvalue weighted by atomic mass is 10.1. The number of hydrogen-bond donors (Lipinski definition) is 1. The fraction of sp³-hybridized carbons (Fsp3) is 0.571. The molecule has 2 aliphatic heterocycles. The van der Waals surface area contributed by atoms with Crippen LogP contribution in [-0.2, 0) is 6.42 Å². The van der Waals surface area contributed by atoms with Crippen molar-refractivity contribution in [2.24, 2.45) is 0 Å². The molecule has 2 heterocycles. The van der Waals surface area contributed by atoms with Crippen molar-refractivity contribution in [3.05, 3.63) is 28.2 Å². The summed E-state index contributed by atoms with van der Waals surface area (Å²) in [5.41, 5.74) is 1.28. The molecule has 2 unspecified atom stereocenters. The number of benzene rings is 1. The number of aliphatic hydroxyl groups is 1. The van der Waals surface area contributed by atoms with Gasteiger partial charge < -0.3 is 9.84 Å². The minimum atomic E-state index is -0.156. The SMILES string of the molecule is OC1CCCN(CC2Cc3cc(Br)ccc3O2)C1. The smallest absolute Gasteiger partial charge is 0.123 e. The minimum Gasteiger partial charge on any atom is -0.488 e. The zero-order valence-electron chi connectivity index (χ0n) is 10.3. The number of fused-ring (bicyclic) bond motifs is 1. The molecule has 1 aromatic rings. The third-order valence-corrected chi connectivity index (χ3v) is 4.20. The van der Waals surface area contributed by atoms with Crippen molar-refractivity contribution in [3.8, 4) is 5.75 Å². The summed E-state index contributed by atoms with van der Waals surface area (Å²) < 4.78 is 7.07. The fourth-order valence-corrected chi connectivity index (χ4v) is 3.28. The van der Waals surface area contributed by atoms with E-state index in [-0.39, 0.29) is 12.2 Å². The Morgan fingerprint density at radius 3 is 3.17 bits per heavy atom. The van der Waals surface area contributed by atoms with Crippen LogP contribution in [0.4, 0.5) is 0 Å². The van der Waals surface area contributed by atoms with E-state index in [0.717, 1.165) is 49.1 Å². The van der Waals surface area contributed by atoms with E-state index in [1.807, 2.05) is 12.1 Å². The highest BCUT2D eigenvalue weighted by Crippen LogP contribution is 2.31. The van der Waals surface area contributed by atoms with Crippen LogP contribution in [0.15, 0.2) is 22.7 Å². The molecule has 2 atom stereocenters. The molecule has 1 N–H and O–H groups in total. The van der Waals surface area contributed by atoms with Crippen LogP contribution < -0.4 is 4.74 Å². The summed E-state index contributed by atoms with van der Waals surface area (Å²) in [6.07, 6.45) is 3.08. The number of rotatable bonds is 2. The van der Waals surface area contributed by atoms with Crippen molar-refractivity contribution < 1.29 is 9.84 Å². The fourth-order valence-electron chi connectivity index (χ4n) is 2.88. The van der Waals surface area contributed by atoms with Crippen LogP contribution in [0.5, 0.6) is 5.75 Å². The van der Waals surface area contributed by atoms with E-state index in [0.29, 0.717) is 0 Å². The predicted octanol–water partition coefficient (Wildman–Crippen LogP) is 2.21. The molecule has 2 aliphatic rings. The lowest BCUT2D eigenvalue weighted by molar-refractivity contribution is 0.0502. The molecule has 0 amide bonds. The van der Waals surface area contributed by atoms with Crippen molar-refractivity contribution in [3.63, 3.8) is 0 Å². The first-order valence-electron chi connectivity index (χ1n) is 6.56. The van der Waals surface area contributed by atoms with Crippen LogP contribution in [-0.4, -0.2) is 41.8 Å². The first-order valence-corrected chi connectivity index (χ1v) is 7.35. The van der Waals surface area contributed by atoms with E-state index >= 15 is 0 Å². The Bertz CT molecular complexity index is 438. The van der Waals surface area contributed by atoms with Crippen molar-refractivity contribution in [1.29, 1.82) is 0 Å². The highest BCUT2D eigenvalue weighted by molar-refractivity contribution is 9.10. The molecular formula is C14H18BrNO2. The van der Waals surface area contributed by atoms with Crippen molar-refractivity contribution >= 4 is 15.9 Å². The van der Waals surface area contributed by atoms with Crippen LogP contribution in [0, 0.1) is 0 Å². The lowest BCUT2D eigenvalue weighted by Crippen LogP contribution is -2.43. The average molecular weight is 312 g/mol. The molecule has 98 valence electrons. The largest absolute Gasteiger partial charge is 0.488 e. The van der Waals surface area contributed by atoms with E-state index in [1.165, 1.54) is 5.56 Å². The molecular weight excluding hydrogens is 294 g/mol. The topological polar surface area (TPSA) is 32.7 Å². The van der Waals surface area contributed by atoms with Gasteiger partial charge in [0.05, 0.1) is 6.10 Å². The average Bonchev–Trinajstić information content (AvgIpc) is 2.70. The Morgan fingerprint density at radius 2 is 2.33 bits per heavy atom. The number of halogens is 1. The van der Waals surface area contributed by atoms with Crippen LogP contribution in [0.1, 0.15) is 18.4 Å². The van der Waals surface area contributed by atoms with E-state index in [2.05, 4.69) is 26.9 Å². The Morgan fingerprint density at radius 1 is 1.44 bits per heavy atom. The minimum absolute atomic E-state index is 0.156. The number of aliphatic hydroxyl groups excluding tert-OH is 1. The second-order valence-electron chi connectivity index (χ2n) is 5.25. The highest BCUT2D eigenvalue weighted by Gasteiger charge is 2.27. The van der Waals surface area contributed by atoms with Gasteiger partial charge in [-0.3, -0.25) is 4.90 Å². The Balaban J connectivity index is 1.60. The zero-order valence-corrected chi connectivity index (χ0v) is 11.9. The monoisotopic (exact) mass is 311 g/mol. The molecule has 1 aromatic carbocycles. The summed E-state index contributed by atoms with van der Waals surface area (Å²) in [6.45, 7) is 2.79. The van der Waals surface area contributed by atoms with Gasteiger partial charge >= 0.3 is 0 Å². The van der Waals surface area contributed by atoms with E-state index in [1.54, 1.807) is 0 Å². The Labute approximate surface area is 116 Å². The van der Waals surface area contributed by atoms with Gasteiger partial charge in [-0.05, 0) is 43.1 Å². The number of likely N-dealkylation sites (tertiary alicyclic amines) is 1. The van der Waals surface area contributed by atoms with Gasteiger partial charge in [-0.15, -0.1) is 0 Å². The van der Waals surface area contributed by atoms with Crippen molar-refractivity contribution in [2.45, 2.75) is 31.5 Å². The summed E-state index contributed by atoms with van der Waals surface area (Å²) in [6, 6.07) is 6.19. The van der Waals surface area contributed by atoms with E-state index < -0.39 is 0 Å². The molecule has 0 aliphatic carbocycles. The maximum Gasteiger partial charge on any atom is 0.123 e. The van der Waals surface area contributed by atoms with Gasteiger partial charge in [0.1, 0.15) is 11.9 Å². The van der Waals surface area contributed by atoms with Crippen molar-refractivity contribution in [1.82, 2.24) is 4.90 Å². The van der Waals surface area contributed by atoms with Crippen LogP contribution >= 0.6 is 15.9 Å². The normalized spacial score (nSPS) is 27.9. The van der Waals surface area contributed by atoms with Crippen LogP contribution in [0.3, 0.4) is 0 Å². The van der Waals surface area contributed by atoms with Crippen LogP contribution in [0.25, 0.3) is 0 Å². The number of β-amino-alcohol motifs (C(OH)–C–C–N with tert-alkyl or cyclic N) is 1. The molecule has 1 fully saturated rings. The summed E-state index contributed by atoms with van der Waals surface area (Å²) in [5.74, 6) is 1.01. The van der Waals surface area contributed by atoms with Crippen LogP contribution in [0.2, 0.25) is 0 Å². The quantitative estimate of drug-likeness (QED) is 0.909. The Hall–Kier alpha value is -0.580. The molecule has 1 saturated heterocycles. The summed E-state index contributed by atoms with van der Waals surface area (Å²) in [5, 5.41) is 9.67. The van der Waals surface area contributed by atoms with Gasteiger partial charge in [-0.2, -0.15) is 0 Å². The van der Waals surface area contributed by atoms with Gasteiger partial charge in [-0.1, -0.05) is 15.9 Å². The Kier molecular flexibility index (Phi) is 3.59. The molecule has 0 spiro atoms. The maximum atomic E-state index is 9.67.